The Kier molecular flexibility index (Phi) is 5.42. The molecule has 0 bridgehead atoms. The molecule has 19 heavy (non-hydrogen) atoms. The van der Waals surface area contributed by atoms with E-state index in [0.29, 0.717) is 0 Å². The first-order valence-corrected chi connectivity index (χ1v) is 5.75. The van der Waals surface area contributed by atoms with Crippen molar-refractivity contribution in [1.82, 2.24) is 5.32 Å². The third kappa shape index (κ3) is 4.32. The van der Waals surface area contributed by atoms with Gasteiger partial charge in [0.05, 0.1) is 11.7 Å². The maximum Gasteiger partial charge on any atom is 0.216 e. The van der Waals surface area contributed by atoms with Gasteiger partial charge in [0.15, 0.2) is 0 Å². The first-order chi connectivity index (χ1) is 8.95. The minimum atomic E-state index is -1.23. The largest absolute Gasteiger partial charge is 0.390 e. The predicted octanol–water partition coefficient (Wildman–Crippen LogP) is 0.618. The first-order valence-electron chi connectivity index (χ1n) is 5.75. The molecule has 0 aliphatic heterocycles. The van der Waals surface area contributed by atoms with Crippen LogP contribution in [0.1, 0.15) is 30.6 Å². The number of carbonyl (C=O) groups is 1. The van der Waals surface area contributed by atoms with Gasteiger partial charge in [-0.2, -0.15) is 5.26 Å². The molecule has 0 heterocycles. The number of hydrogen-bond acceptors (Lipinski definition) is 4. The Morgan fingerprint density at radius 1 is 1.53 bits per heavy atom. The molecular formula is C13H15FN2O3. The van der Waals surface area contributed by atoms with Crippen molar-refractivity contribution in [1.29, 1.82) is 5.26 Å². The average molecular weight is 266 g/mol. The van der Waals surface area contributed by atoms with Gasteiger partial charge in [0.2, 0.25) is 5.91 Å². The number of carbonyl (C=O) groups excluding carboxylic acids is 1. The Balaban J connectivity index is 2.69. The van der Waals surface area contributed by atoms with Crippen molar-refractivity contribution in [2.45, 2.75) is 25.6 Å². The number of amides is 1. The number of aliphatic hydroxyl groups excluding tert-OH is 2. The lowest BCUT2D eigenvalue weighted by Crippen LogP contribution is -2.27. The highest BCUT2D eigenvalue weighted by Gasteiger charge is 2.19. The summed E-state index contributed by atoms with van der Waals surface area (Å²) >= 11 is 0. The lowest BCUT2D eigenvalue weighted by Gasteiger charge is -2.18. The lowest BCUT2D eigenvalue weighted by atomic mass is 10.00. The molecule has 0 saturated carbocycles. The number of nitriles is 1. The third-order valence-electron chi connectivity index (χ3n) is 2.63. The molecule has 2 atom stereocenters. The van der Waals surface area contributed by atoms with Crippen LogP contribution in [0.25, 0.3) is 0 Å². The van der Waals surface area contributed by atoms with Crippen LogP contribution in [0.5, 0.6) is 0 Å². The van der Waals surface area contributed by atoms with Gasteiger partial charge in [-0.3, -0.25) is 4.79 Å². The van der Waals surface area contributed by atoms with Gasteiger partial charge in [0, 0.05) is 13.5 Å². The topological polar surface area (TPSA) is 93.3 Å². The highest BCUT2D eigenvalue weighted by Crippen LogP contribution is 2.21. The van der Waals surface area contributed by atoms with Crippen molar-refractivity contribution in [2.75, 3.05) is 6.54 Å². The molecule has 2 unspecified atom stereocenters. The fourth-order valence-corrected chi connectivity index (χ4v) is 1.59. The van der Waals surface area contributed by atoms with Crippen molar-refractivity contribution in [3.63, 3.8) is 0 Å². The SMILES string of the molecule is CC(=O)NCCC(O)C(O)c1ccc(F)c(C#N)c1. The summed E-state index contributed by atoms with van der Waals surface area (Å²) in [5.41, 5.74) is 0.0684. The van der Waals surface area contributed by atoms with Gasteiger partial charge in [0.25, 0.3) is 0 Å². The van der Waals surface area contributed by atoms with E-state index in [4.69, 9.17) is 5.26 Å². The number of aliphatic hydroxyl groups is 2. The van der Waals surface area contributed by atoms with Crippen LogP contribution in [0.4, 0.5) is 4.39 Å². The van der Waals surface area contributed by atoms with Gasteiger partial charge in [0.1, 0.15) is 18.0 Å². The molecule has 0 fully saturated rings. The first kappa shape index (κ1) is 15.1. The molecule has 1 rings (SSSR count). The highest BCUT2D eigenvalue weighted by molar-refractivity contribution is 5.72. The third-order valence-corrected chi connectivity index (χ3v) is 2.63. The van der Waals surface area contributed by atoms with Gasteiger partial charge in [-0.05, 0) is 24.1 Å². The molecule has 0 aromatic heterocycles. The summed E-state index contributed by atoms with van der Waals surface area (Å²) in [4.78, 5) is 10.7. The van der Waals surface area contributed by atoms with E-state index in [1.807, 2.05) is 0 Å². The van der Waals surface area contributed by atoms with Crippen LogP contribution >= 0.6 is 0 Å². The number of nitrogens with zero attached hydrogens (tertiary/aromatic N) is 1. The maximum atomic E-state index is 13.1. The van der Waals surface area contributed by atoms with Crippen molar-refractivity contribution >= 4 is 5.91 Å². The molecule has 1 amide bonds. The van der Waals surface area contributed by atoms with Crippen LogP contribution in [0.2, 0.25) is 0 Å². The van der Waals surface area contributed by atoms with Gasteiger partial charge in [-0.1, -0.05) is 6.07 Å². The summed E-state index contributed by atoms with van der Waals surface area (Å²) in [6, 6.07) is 5.23. The van der Waals surface area contributed by atoms with E-state index in [0.717, 1.165) is 6.07 Å². The Bertz CT molecular complexity index is 499. The van der Waals surface area contributed by atoms with E-state index in [-0.39, 0.29) is 30.0 Å². The fraction of sp³-hybridized carbons (Fsp3) is 0.385. The van der Waals surface area contributed by atoms with Gasteiger partial charge < -0.3 is 15.5 Å². The lowest BCUT2D eigenvalue weighted by molar-refractivity contribution is -0.119. The van der Waals surface area contributed by atoms with Crippen molar-refractivity contribution < 1.29 is 19.4 Å². The van der Waals surface area contributed by atoms with Crippen LogP contribution in [-0.2, 0) is 4.79 Å². The minimum absolute atomic E-state index is 0.153. The van der Waals surface area contributed by atoms with Crippen LogP contribution < -0.4 is 5.32 Å². The molecule has 1 aromatic carbocycles. The number of halogens is 1. The molecule has 0 saturated heterocycles. The molecule has 3 N–H and O–H groups in total. The summed E-state index contributed by atoms with van der Waals surface area (Å²) in [5, 5.41) is 30.8. The van der Waals surface area contributed by atoms with Crippen molar-refractivity contribution in [3.8, 4) is 6.07 Å². The van der Waals surface area contributed by atoms with Crippen LogP contribution in [0, 0.1) is 17.1 Å². The van der Waals surface area contributed by atoms with Crippen LogP contribution in [0.15, 0.2) is 18.2 Å². The monoisotopic (exact) mass is 266 g/mol. The van der Waals surface area contributed by atoms with E-state index in [1.54, 1.807) is 6.07 Å². The molecular weight excluding hydrogens is 251 g/mol. The summed E-state index contributed by atoms with van der Waals surface area (Å²) in [7, 11) is 0. The summed E-state index contributed by atoms with van der Waals surface area (Å²) in [5.74, 6) is -0.901. The standard InChI is InChI=1S/C13H15FN2O3/c1-8(17)16-5-4-12(18)13(19)9-2-3-11(14)10(6-9)7-15/h2-3,6,12-13,18-19H,4-5H2,1H3,(H,16,17). The Morgan fingerprint density at radius 2 is 2.21 bits per heavy atom. The molecule has 0 radical (unpaired) electrons. The number of benzene rings is 1. The average Bonchev–Trinajstić information content (AvgIpc) is 2.38. The quantitative estimate of drug-likeness (QED) is 0.728. The van der Waals surface area contributed by atoms with Gasteiger partial charge >= 0.3 is 0 Å². The van der Waals surface area contributed by atoms with E-state index in [2.05, 4.69) is 5.32 Å². The number of hydrogen-bond donors (Lipinski definition) is 3. The molecule has 6 heteroatoms. The fourth-order valence-electron chi connectivity index (χ4n) is 1.59. The number of rotatable bonds is 5. The zero-order chi connectivity index (χ0) is 14.4. The summed E-state index contributed by atoms with van der Waals surface area (Å²) in [6.45, 7) is 1.57. The normalized spacial score (nSPS) is 13.4. The van der Waals surface area contributed by atoms with Crippen LogP contribution in [0.3, 0.4) is 0 Å². The Labute approximate surface area is 110 Å². The molecule has 5 nitrogen and oxygen atoms in total. The molecule has 0 aliphatic rings. The molecule has 0 aliphatic carbocycles. The van der Waals surface area contributed by atoms with Gasteiger partial charge in [-0.25, -0.2) is 4.39 Å². The van der Waals surface area contributed by atoms with E-state index in [1.165, 1.54) is 19.1 Å². The summed E-state index contributed by atoms with van der Waals surface area (Å²) < 4.78 is 13.1. The smallest absolute Gasteiger partial charge is 0.216 e. The second-order valence-corrected chi connectivity index (χ2v) is 4.13. The molecule has 0 spiro atoms. The second-order valence-electron chi connectivity index (χ2n) is 4.13. The highest BCUT2D eigenvalue weighted by atomic mass is 19.1. The van der Waals surface area contributed by atoms with Gasteiger partial charge in [-0.15, -0.1) is 0 Å². The van der Waals surface area contributed by atoms with Crippen molar-refractivity contribution in [2.24, 2.45) is 0 Å². The number of nitrogens with one attached hydrogen (secondary N) is 1. The molecule has 1 aromatic rings. The second kappa shape index (κ2) is 6.83. The van der Waals surface area contributed by atoms with E-state index < -0.39 is 18.0 Å². The van der Waals surface area contributed by atoms with Crippen LogP contribution in [-0.4, -0.2) is 28.8 Å². The van der Waals surface area contributed by atoms with E-state index in [9.17, 15) is 19.4 Å². The zero-order valence-electron chi connectivity index (χ0n) is 10.4. The zero-order valence-corrected chi connectivity index (χ0v) is 10.4. The molecule has 102 valence electrons. The van der Waals surface area contributed by atoms with E-state index >= 15 is 0 Å². The maximum absolute atomic E-state index is 13.1. The summed E-state index contributed by atoms with van der Waals surface area (Å²) in [6.07, 6.45) is -2.19. The predicted molar refractivity (Wildman–Crippen MR) is 65.4 cm³/mol. The Hall–Kier alpha value is -1.97. The van der Waals surface area contributed by atoms with Crippen molar-refractivity contribution in [3.05, 3.63) is 35.1 Å². The minimum Gasteiger partial charge on any atom is -0.390 e. The Morgan fingerprint density at radius 3 is 2.79 bits per heavy atom.